The molecule has 31 heavy (non-hydrogen) atoms. The summed E-state index contributed by atoms with van der Waals surface area (Å²) >= 11 is 0. The standard InChI is InChI=1S/C23H22FN3O3S/c24-19-5-8-21(9-6-19)31(28,29)27-12-2-4-18-15-26-23-10-7-20(13-22(18)23)30-16-17-3-1-11-25-14-17/h1,3,5-11,13-15,26-27H,2,4,12,16H2. The molecule has 0 aliphatic carbocycles. The number of rotatable bonds is 9. The Bertz CT molecular complexity index is 1260. The van der Waals surface area contributed by atoms with Crippen LogP contribution in [-0.4, -0.2) is 24.9 Å². The van der Waals surface area contributed by atoms with Crippen molar-refractivity contribution in [2.45, 2.75) is 24.3 Å². The van der Waals surface area contributed by atoms with Crippen molar-refractivity contribution in [3.63, 3.8) is 0 Å². The van der Waals surface area contributed by atoms with Gasteiger partial charge in [-0.3, -0.25) is 4.98 Å². The summed E-state index contributed by atoms with van der Waals surface area (Å²) in [6, 6.07) is 14.5. The van der Waals surface area contributed by atoms with Gasteiger partial charge in [0, 0.05) is 41.6 Å². The lowest BCUT2D eigenvalue weighted by molar-refractivity contribution is 0.306. The molecule has 2 N–H and O–H groups in total. The number of aromatic amines is 1. The molecule has 2 aromatic carbocycles. The first-order valence-electron chi connectivity index (χ1n) is 9.88. The van der Waals surface area contributed by atoms with Gasteiger partial charge in [-0.1, -0.05) is 6.07 Å². The van der Waals surface area contributed by atoms with Crippen LogP contribution in [0, 0.1) is 5.82 Å². The minimum absolute atomic E-state index is 0.0522. The van der Waals surface area contributed by atoms with E-state index < -0.39 is 15.8 Å². The van der Waals surface area contributed by atoms with Gasteiger partial charge < -0.3 is 9.72 Å². The van der Waals surface area contributed by atoms with E-state index in [1.807, 2.05) is 36.5 Å². The third-order valence-corrected chi connectivity index (χ3v) is 6.38. The summed E-state index contributed by atoms with van der Waals surface area (Å²) < 4.78 is 46.0. The highest BCUT2D eigenvalue weighted by Gasteiger charge is 2.13. The maximum atomic E-state index is 13.0. The van der Waals surface area contributed by atoms with Gasteiger partial charge in [0.15, 0.2) is 0 Å². The zero-order valence-corrected chi connectivity index (χ0v) is 17.5. The molecule has 0 amide bonds. The Morgan fingerprint density at radius 3 is 2.71 bits per heavy atom. The van der Waals surface area contributed by atoms with E-state index in [2.05, 4.69) is 14.7 Å². The topological polar surface area (TPSA) is 84.1 Å². The van der Waals surface area contributed by atoms with Gasteiger partial charge in [-0.15, -0.1) is 0 Å². The van der Waals surface area contributed by atoms with Gasteiger partial charge in [0.1, 0.15) is 18.2 Å². The number of nitrogens with one attached hydrogen (secondary N) is 2. The van der Waals surface area contributed by atoms with Crippen molar-refractivity contribution in [3.8, 4) is 5.75 Å². The molecule has 4 aromatic rings. The molecule has 160 valence electrons. The number of aromatic nitrogens is 2. The first-order chi connectivity index (χ1) is 15.0. The lowest BCUT2D eigenvalue weighted by Crippen LogP contribution is -2.25. The minimum Gasteiger partial charge on any atom is -0.489 e. The second kappa shape index (κ2) is 9.28. The molecule has 2 heterocycles. The van der Waals surface area contributed by atoms with E-state index in [4.69, 9.17) is 4.74 Å². The molecule has 0 aliphatic rings. The first kappa shape index (κ1) is 21.0. The molecule has 6 nitrogen and oxygen atoms in total. The van der Waals surface area contributed by atoms with E-state index >= 15 is 0 Å². The molecule has 8 heteroatoms. The van der Waals surface area contributed by atoms with E-state index in [0.717, 1.165) is 39.9 Å². The second-order valence-corrected chi connectivity index (χ2v) is 8.89. The minimum atomic E-state index is -3.65. The van der Waals surface area contributed by atoms with Crippen LogP contribution >= 0.6 is 0 Å². The van der Waals surface area contributed by atoms with Gasteiger partial charge in [0.05, 0.1) is 4.90 Å². The number of fused-ring (bicyclic) bond motifs is 1. The summed E-state index contributed by atoms with van der Waals surface area (Å²) in [5, 5.41) is 1.05. The lowest BCUT2D eigenvalue weighted by atomic mass is 10.1. The molecule has 0 radical (unpaired) electrons. The number of benzene rings is 2. The van der Waals surface area contributed by atoms with E-state index in [9.17, 15) is 12.8 Å². The fourth-order valence-corrected chi connectivity index (χ4v) is 4.36. The van der Waals surface area contributed by atoms with Crippen molar-refractivity contribution >= 4 is 20.9 Å². The van der Waals surface area contributed by atoms with Crippen molar-refractivity contribution in [2.24, 2.45) is 0 Å². The molecular weight excluding hydrogens is 417 g/mol. The highest BCUT2D eigenvalue weighted by Crippen LogP contribution is 2.25. The van der Waals surface area contributed by atoms with Crippen molar-refractivity contribution in [2.75, 3.05) is 6.54 Å². The van der Waals surface area contributed by atoms with Crippen molar-refractivity contribution < 1.29 is 17.5 Å². The average Bonchev–Trinajstić information content (AvgIpc) is 3.18. The highest BCUT2D eigenvalue weighted by atomic mass is 32.2. The normalized spacial score (nSPS) is 11.6. The first-order valence-corrected chi connectivity index (χ1v) is 11.4. The summed E-state index contributed by atoms with van der Waals surface area (Å²) in [7, 11) is -3.65. The number of nitrogens with zero attached hydrogens (tertiary/aromatic N) is 1. The van der Waals surface area contributed by atoms with Gasteiger partial charge in [0.25, 0.3) is 0 Å². The zero-order valence-electron chi connectivity index (χ0n) is 16.7. The molecular formula is C23H22FN3O3S. The lowest BCUT2D eigenvalue weighted by Gasteiger charge is -2.08. The van der Waals surface area contributed by atoms with Crippen LogP contribution in [0.25, 0.3) is 10.9 Å². The molecule has 0 saturated carbocycles. The summed E-state index contributed by atoms with van der Waals surface area (Å²) in [5.74, 6) is 0.288. The molecule has 0 spiro atoms. The van der Waals surface area contributed by atoms with E-state index in [0.29, 0.717) is 19.4 Å². The third-order valence-electron chi connectivity index (χ3n) is 4.91. The molecule has 0 fully saturated rings. The maximum Gasteiger partial charge on any atom is 0.240 e. The summed E-state index contributed by atoms with van der Waals surface area (Å²) in [6.07, 6.45) is 6.74. The van der Waals surface area contributed by atoms with Gasteiger partial charge in [-0.05, 0) is 66.9 Å². The number of pyridine rings is 1. The van der Waals surface area contributed by atoms with Crippen LogP contribution in [0.1, 0.15) is 17.5 Å². The molecule has 0 bridgehead atoms. The van der Waals surface area contributed by atoms with Crippen LogP contribution < -0.4 is 9.46 Å². The molecule has 0 atom stereocenters. The Balaban J connectivity index is 1.35. The van der Waals surface area contributed by atoms with E-state index in [-0.39, 0.29) is 11.4 Å². The smallest absolute Gasteiger partial charge is 0.240 e. The Morgan fingerprint density at radius 1 is 1.10 bits per heavy atom. The largest absolute Gasteiger partial charge is 0.489 e. The number of H-pyrrole nitrogens is 1. The highest BCUT2D eigenvalue weighted by molar-refractivity contribution is 7.89. The number of aryl methyl sites for hydroxylation is 1. The fourth-order valence-electron chi connectivity index (χ4n) is 3.29. The third kappa shape index (κ3) is 5.28. The Kier molecular flexibility index (Phi) is 6.29. The molecule has 0 aliphatic heterocycles. The monoisotopic (exact) mass is 439 g/mol. The Labute approximate surface area is 180 Å². The Hall–Kier alpha value is -3.23. The van der Waals surface area contributed by atoms with Crippen LogP contribution in [0.2, 0.25) is 0 Å². The van der Waals surface area contributed by atoms with Crippen LogP contribution in [-0.2, 0) is 23.1 Å². The van der Waals surface area contributed by atoms with Crippen LogP contribution in [0.3, 0.4) is 0 Å². The molecule has 2 aromatic heterocycles. The van der Waals surface area contributed by atoms with Crippen LogP contribution in [0.15, 0.2) is 78.1 Å². The molecule has 4 rings (SSSR count). The van der Waals surface area contributed by atoms with Crippen molar-refractivity contribution in [1.29, 1.82) is 0 Å². The van der Waals surface area contributed by atoms with Gasteiger partial charge in [0.2, 0.25) is 10.0 Å². The van der Waals surface area contributed by atoms with E-state index in [1.165, 1.54) is 12.1 Å². The number of ether oxygens (including phenoxy) is 1. The average molecular weight is 440 g/mol. The van der Waals surface area contributed by atoms with E-state index in [1.54, 1.807) is 12.4 Å². The van der Waals surface area contributed by atoms with Gasteiger partial charge in [-0.25, -0.2) is 17.5 Å². The summed E-state index contributed by atoms with van der Waals surface area (Å²) in [6.45, 7) is 0.716. The van der Waals surface area contributed by atoms with Crippen LogP contribution in [0.4, 0.5) is 4.39 Å². The number of hydrogen-bond acceptors (Lipinski definition) is 4. The number of hydrogen-bond donors (Lipinski definition) is 2. The second-order valence-electron chi connectivity index (χ2n) is 7.13. The predicted octanol–water partition coefficient (Wildman–Crippen LogP) is 4.19. The summed E-state index contributed by atoms with van der Waals surface area (Å²) in [4.78, 5) is 7.37. The van der Waals surface area contributed by atoms with Crippen molar-refractivity contribution in [1.82, 2.24) is 14.7 Å². The predicted molar refractivity (Wildman–Crippen MR) is 117 cm³/mol. The maximum absolute atomic E-state index is 13.0. The quantitative estimate of drug-likeness (QED) is 0.383. The van der Waals surface area contributed by atoms with Crippen LogP contribution in [0.5, 0.6) is 5.75 Å². The van der Waals surface area contributed by atoms with Crippen molar-refractivity contribution in [3.05, 3.63) is 90.1 Å². The molecule has 0 unspecified atom stereocenters. The number of sulfonamides is 1. The molecule has 0 saturated heterocycles. The number of halogens is 1. The SMILES string of the molecule is O=S(=O)(NCCCc1c[nH]c2ccc(OCc3cccnc3)cc12)c1ccc(F)cc1. The summed E-state index contributed by atoms with van der Waals surface area (Å²) in [5.41, 5.74) is 3.07. The van der Waals surface area contributed by atoms with Gasteiger partial charge >= 0.3 is 0 Å². The zero-order chi connectivity index (χ0) is 21.7. The Morgan fingerprint density at radius 2 is 1.94 bits per heavy atom. The van der Waals surface area contributed by atoms with Gasteiger partial charge in [-0.2, -0.15) is 0 Å². The fraction of sp³-hybridized carbons (Fsp3) is 0.174.